The first-order chi connectivity index (χ1) is 29.6. The van der Waals surface area contributed by atoms with Crippen molar-refractivity contribution in [2.24, 2.45) is 35.5 Å². The monoisotopic (exact) mass is 778 g/mol. The lowest BCUT2D eigenvalue weighted by atomic mass is 9.47. The van der Waals surface area contributed by atoms with Crippen molar-refractivity contribution in [2.75, 3.05) is 0 Å². The molecule has 1 unspecified atom stereocenters. The highest BCUT2D eigenvalue weighted by Crippen LogP contribution is 2.66. The van der Waals surface area contributed by atoms with E-state index in [0.717, 1.165) is 47.0 Å². The second kappa shape index (κ2) is 9.39. The van der Waals surface area contributed by atoms with Crippen LogP contribution in [0.3, 0.4) is 0 Å². The van der Waals surface area contributed by atoms with Crippen molar-refractivity contribution in [2.45, 2.75) is 93.5 Å². The van der Waals surface area contributed by atoms with Crippen LogP contribution in [0.1, 0.15) is 99.3 Å². The molecule has 60 heavy (non-hydrogen) atoms. The molecule has 1 atom stereocenters. The Labute approximate surface area is 348 Å². The van der Waals surface area contributed by atoms with Crippen molar-refractivity contribution in [3.05, 3.63) is 119 Å². The summed E-state index contributed by atoms with van der Waals surface area (Å²) in [6.45, 7) is 0. The molecule has 20 rings (SSSR count). The molecule has 4 aromatic carbocycles. The summed E-state index contributed by atoms with van der Waals surface area (Å²) in [7, 11) is 0. The van der Waals surface area contributed by atoms with E-state index in [1.54, 1.807) is 11.1 Å². The average molecular weight is 779 g/mol. The van der Waals surface area contributed by atoms with Crippen molar-refractivity contribution in [1.82, 2.24) is 9.13 Å². The van der Waals surface area contributed by atoms with Crippen LogP contribution in [0.15, 0.2) is 97.1 Å². The van der Waals surface area contributed by atoms with Crippen LogP contribution in [0.2, 0.25) is 0 Å². The van der Waals surface area contributed by atoms with Gasteiger partial charge >= 0.3 is 5.66 Å². The van der Waals surface area contributed by atoms with Gasteiger partial charge in [0.05, 0.1) is 5.39 Å². The van der Waals surface area contributed by atoms with E-state index < -0.39 is 5.66 Å². The fourth-order valence-electron chi connectivity index (χ4n) is 18.4. The Morgan fingerprint density at radius 3 is 1.85 bits per heavy atom. The largest absolute Gasteiger partial charge is 0.456 e. The minimum absolute atomic E-state index is 0.227. The predicted octanol–water partition coefficient (Wildman–Crippen LogP) is 11.4. The van der Waals surface area contributed by atoms with Gasteiger partial charge in [-0.15, -0.1) is 0 Å². The smallest absolute Gasteiger partial charge is 0.323 e. The first-order valence-electron chi connectivity index (χ1n) is 23.6. The summed E-state index contributed by atoms with van der Waals surface area (Å²) in [5, 5.41) is 5.60. The van der Waals surface area contributed by atoms with E-state index in [1.165, 1.54) is 155 Å². The molecule has 0 radical (unpaired) electrons. The van der Waals surface area contributed by atoms with Crippen LogP contribution in [-0.4, -0.2) is 9.13 Å². The van der Waals surface area contributed by atoms with Crippen LogP contribution in [0.4, 0.5) is 0 Å². The third-order valence-corrected chi connectivity index (χ3v) is 19.3. The molecule has 8 bridgehead atoms. The molecule has 8 fully saturated rings. The molecular formula is C55H46N4O+2. The molecule has 5 nitrogen and oxygen atoms in total. The van der Waals surface area contributed by atoms with Gasteiger partial charge in [0.25, 0.3) is 11.5 Å². The second-order valence-electron chi connectivity index (χ2n) is 22.2. The maximum atomic E-state index is 7.24. The highest BCUT2D eigenvalue weighted by Gasteiger charge is 2.70. The molecule has 8 saturated carbocycles. The van der Waals surface area contributed by atoms with E-state index >= 15 is 0 Å². The molecule has 8 aromatic rings. The number of benzene rings is 4. The fourth-order valence-corrected chi connectivity index (χ4v) is 18.4. The summed E-state index contributed by atoms with van der Waals surface area (Å²) in [5.74, 6) is 8.59. The van der Waals surface area contributed by atoms with Crippen LogP contribution < -0.4 is 13.9 Å². The third-order valence-electron chi connectivity index (χ3n) is 19.3. The lowest BCUT2D eigenvalue weighted by Crippen LogP contribution is -2.75. The van der Waals surface area contributed by atoms with Gasteiger partial charge in [-0.05, 0) is 195 Å². The Morgan fingerprint density at radius 1 is 0.517 bits per heavy atom. The zero-order chi connectivity index (χ0) is 38.2. The Kier molecular flexibility index (Phi) is 4.79. The van der Waals surface area contributed by atoms with Crippen molar-refractivity contribution in [1.29, 1.82) is 0 Å². The lowest BCUT2D eigenvalue weighted by Gasteiger charge is -2.57. The van der Waals surface area contributed by atoms with Crippen molar-refractivity contribution in [3.8, 4) is 34.4 Å². The number of para-hydroxylation sites is 2. The number of rotatable bonds is 2. The Morgan fingerprint density at radius 2 is 1.13 bits per heavy atom. The SMILES string of the molecule is c1cc2c3c(c1)-n1c4ccccc4c4c(C56CC7CC(CC(C7)C5)C6)cc5[n+](c41)C31c3c(ccc4c6ccccc6n(c34)-c3cc(C46CC7CC(CC(C7)C4)C6)cc-5[n+]31)O2. The normalized spacial score (nSPS) is 34.2. The van der Waals surface area contributed by atoms with E-state index in [9.17, 15) is 0 Å². The van der Waals surface area contributed by atoms with Crippen molar-refractivity contribution in [3.63, 3.8) is 0 Å². The van der Waals surface area contributed by atoms with E-state index in [1.807, 2.05) is 0 Å². The van der Waals surface area contributed by atoms with Crippen LogP contribution in [0.5, 0.6) is 11.5 Å². The van der Waals surface area contributed by atoms with Crippen LogP contribution in [0, 0.1) is 35.5 Å². The van der Waals surface area contributed by atoms with E-state index in [4.69, 9.17) is 4.74 Å². The zero-order valence-electron chi connectivity index (χ0n) is 33.9. The summed E-state index contributed by atoms with van der Waals surface area (Å²) >= 11 is 0. The number of hydrogen-bond donors (Lipinski definition) is 0. The number of nitrogens with zero attached hydrogens (tertiary/aromatic N) is 4. The molecule has 4 aromatic heterocycles. The summed E-state index contributed by atoms with van der Waals surface area (Å²) in [6.07, 6.45) is 16.9. The second-order valence-corrected chi connectivity index (χ2v) is 22.2. The van der Waals surface area contributed by atoms with Gasteiger partial charge in [-0.3, -0.25) is 0 Å². The maximum Gasteiger partial charge on any atom is 0.323 e. The van der Waals surface area contributed by atoms with E-state index in [0.29, 0.717) is 0 Å². The molecule has 290 valence electrons. The van der Waals surface area contributed by atoms with Gasteiger partial charge in [-0.1, -0.05) is 30.3 Å². The predicted molar refractivity (Wildman–Crippen MR) is 232 cm³/mol. The Hall–Kier alpha value is -5.42. The summed E-state index contributed by atoms with van der Waals surface area (Å²) in [4.78, 5) is 0. The first kappa shape index (κ1) is 30.6. The molecule has 0 saturated heterocycles. The van der Waals surface area contributed by atoms with Gasteiger partial charge < -0.3 is 4.74 Å². The van der Waals surface area contributed by atoms with E-state index in [-0.39, 0.29) is 10.8 Å². The number of fused-ring (bicyclic) bond motifs is 9. The highest BCUT2D eigenvalue weighted by atomic mass is 16.5. The highest BCUT2D eigenvalue weighted by molar-refractivity contribution is 6.13. The molecule has 0 N–H and O–H groups in total. The van der Waals surface area contributed by atoms with Gasteiger partial charge in [0.15, 0.2) is 16.9 Å². The summed E-state index contributed by atoms with van der Waals surface area (Å²) < 4.78 is 18.4. The third kappa shape index (κ3) is 3.07. The molecule has 1 spiro atoms. The van der Waals surface area contributed by atoms with Crippen LogP contribution >= 0.6 is 0 Å². The topological polar surface area (TPSA) is 26.8 Å². The first-order valence-corrected chi connectivity index (χ1v) is 23.6. The number of hydrogen-bond acceptors (Lipinski definition) is 1. The van der Waals surface area contributed by atoms with Gasteiger partial charge in [0.2, 0.25) is 0 Å². The van der Waals surface area contributed by atoms with Crippen LogP contribution in [0.25, 0.3) is 66.6 Å². The molecule has 8 heterocycles. The van der Waals surface area contributed by atoms with Gasteiger partial charge in [-0.25, -0.2) is 0 Å². The summed E-state index contributed by atoms with van der Waals surface area (Å²) in [6, 6.07) is 38.6. The molecule has 5 heteroatoms. The maximum absolute atomic E-state index is 7.24. The minimum Gasteiger partial charge on any atom is -0.456 e. The molecule has 4 aliphatic heterocycles. The average Bonchev–Trinajstić information content (AvgIpc) is 3.87. The summed E-state index contributed by atoms with van der Waals surface area (Å²) in [5.41, 5.74) is 15.2. The fraction of sp³-hybridized carbons (Fsp3) is 0.382. The molecule has 0 amide bonds. The van der Waals surface area contributed by atoms with Gasteiger partial charge in [-0.2, -0.15) is 18.3 Å². The molecule has 12 aliphatic rings. The Bertz CT molecular complexity index is 3380. The van der Waals surface area contributed by atoms with Crippen molar-refractivity contribution < 1.29 is 13.9 Å². The quantitative estimate of drug-likeness (QED) is 0.161. The zero-order valence-corrected chi connectivity index (χ0v) is 33.9. The standard InChI is InChI=1S/C55H46N4O/c1-3-8-40-36(6-1)37-12-13-46-50-51(37)57(40)47-21-35(53-23-29-14-30(24-53)16-31(15-29)25-53)20-43-44-22-39(54-26-32-17-33(27-54)19-34(18-32)28-54)48-38-7-2-4-9-41(38)56-42-10-5-11-45(60-46)49(42)55(50,58(43)47)59(44)52(48)56/h1-13,20-22,29-34H,14-19,23-28H2/q+2. The van der Waals surface area contributed by atoms with Crippen molar-refractivity contribution >= 4 is 43.7 Å². The van der Waals surface area contributed by atoms with E-state index in [2.05, 4.69) is 115 Å². The number of pyridine rings is 2. The lowest BCUT2D eigenvalue weighted by molar-refractivity contribution is -0.927. The number of aromatic nitrogens is 4. The van der Waals surface area contributed by atoms with Gasteiger partial charge in [0, 0.05) is 22.2 Å². The number of ether oxygens (including phenoxy) is 1. The molecular weight excluding hydrogens is 733 g/mol. The van der Waals surface area contributed by atoms with Crippen LogP contribution in [-0.2, 0) is 16.5 Å². The minimum atomic E-state index is -0.633. The Balaban J connectivity index is 1.08. The molecule has 8 aliphatic carbocycles. The van der Waals surface area contributed by atoms with Gasteiger partial charge in [0.1, 0.15) is 39.3 Å².